The molecule has 28 heavy (non-hydrogen) atoms. The lowest BCUT2D eigenvalue weighted by molar-refractivity contribution is 0.0724. The summed E-state index contributed by atoms with van der Waals surface area (Å²) < 4.78 is 1.75. The van der Waals surface area contributed by atoms with Crippen LogP contribution < -0.4 is 10.6 Å². The van der Waals surface area contributed by atoms with Gasteiger partial charge >= 0.3 is 6.03 Å². The first-order valence-electron chi connectivity index (χ1n) is 10.2. The molecule has 0 saturated carbocycles. The van der Waals surface area contributed by atoms with Crippen LogP contribution in [0.3, 0.4) is 0 Å². The molecule has 2 heterocycles. The predicted octanol–water partition coefficient (Wildman–Crippen LogP) is 2.40. The molecule has 1 fully saturated rings. The molecule has 2 aromatic rings. The highest BCUT2D eigenvalue weighted by atomic mass is 16.2. The Morgan fingerprint density at radius 2 is 1.86 bits per heavy atom. The molecule has 0 atom stereocenters. The lowest BCUT2D eigenvalue weighted by atomic mass is 10.1. The summed E-state index contributed by atoms with van der Waals surface area (Å²) in [7, 11) is 0. The van der Waals surface area contributed by atoms with Gasteiger partial charge < -0.3 is 15.5 Å². The molecular weight excluding hydrogens is 356 g/mol. The smallest absolute Gasteiger partial charge is 0.314 e. The highest BCUT2D eigenvalue weighted by Crippen LogP contribution is 2.17. The second-order valence-corrected chi connectivity index (χ2v) is 7.73. The van der Waals surface area contributed by atoms with Crippen LogP contribution in [0.25, 0.3) is 11.0 Å². The second-order valence-electron chi connectivity index (χ2n) is 7.73. The monoisotopic (exact) mass is 386 g/mol. The molecule has 1 aliphatic rings. The second kappa shape index (κ2) is 9.52. The molecule has 0 spiro atoms. The molecule has 1 aliphatic heterocycles. The van der Waals surface area contributed by atoms with Gasteiger partial charge in [-0.1, -0.05) is 19.1 Å². The third kappa shape index (κ3) is 5.21. The van der Waals surface area contributed by atoms with Crippen molar-refractivity contribution in [2.75, 3.05) is 26.2 Å². The number of likely N-dealkylation sites (tertiary alicyclic amines) is 1. The van der Waals surface area contributed by atoms with Gasteiger partial charge in [-0.2, -0.15) is 0 Å². The number of nitrogens with zero attached hydrogens (tertiary/aromatic N) is 4. The van der Waals surface area contributed by atoms with Crippen molar-refractivity contribution in [1.29, 1.82) is 0 Å². The topological polar surface area (TPSA) is 92.1 Å². The maximum atomic E-state index is 12.6. The molecule has 2 N–H and O–H groups in total. The van der Waals surface area contributed by atoms with Crippen molar-refractivity contribution >= 4 is 23.0 Å². The number of urea groups is 1. The van der Waals surface area contributed by atoms with Gasteiger partial charge in [0.25, 0.3) is 5.91 Å². The van der Waals surface area contributed by atoms with Gasteiger partial charge in [0.05, 0.1) is 12.1 Å². The first-order valence-corrected chi connectivity index (χ1v) is 10.2. The van der Waals surface area contributed by atoms with Crippen LogP contribution in [0.1, 0.15) is 49.9 Å². The summed E-state index contributed by atoms with van der Waals surface area (Å²) in [5.74, 6) is 0.629. The van der Waals surface area contributed by atoms with Crippen LogP contribution in [0.15, 0.2) is 18.2 Å². The number of piperidine rings is 1. The number of carbonyl (C=O) groups excluding carboxylic acids is 2. The number of rotatable bonds is 7. The zero-order valence-corrected chi connectivity index (χ0v) is 16.8. The Balaban J connectivity index is 1.54. The van der Waals surface area contributed by atoms with E-state index in [0.717, 1.165) is 37.9 Å². The van der Waals surface area contributed by atoms with E-state index < -0.39 is 0 Å². The Kier molecular flexibility index (Phi) is 6.84. The molecule has 0 bridgehead atoms. The summed E-state index contributed by atoms with van der Waals surface area (Å²) in [5.41, 5.74) is 2.21. The number of hydrogen-bond donors (Lipinski definition) is 2. The summed E-state index contributed by atoms with van der Waals surface area (Å²) >= 11 is 0. The molecule has 152 valence electrons. The molecule has 3 rings (SSSR count). The zero-order valence-electron chi connectivity index (χ0n) is 16.8. The molecule has 3 amide bonds. The van der Waals surface area contributed by atoms with E-state index in [-0.39, 0.29) is 11.9 Å². The number of nitrogens with one attached hydrogen (secondary N) is 2. The molecule has 1 saturated heterocycles. The van der Waals surface area contributed by atoms with E-state index in [2.05, 4.69) is 34.8 Å². The van der Waals surface area contributed by atoms with E-state index in [1.807, 2.05) is 23.1 Å². The van der Waals surface area contributed by atoms with Crippen LogP contribution in [-0.4, -0.2) is 58.0 Å². The highest BCUT2D eigenvalue weighted by molar-refractivity contribution is 5.97. The first kappa shape index (κ1) is 20.1. The fraction of sp³-hybridized carbons (Fsp3) is 0.600. The van der Waals surface area contributed by atoms with Gasteiger partial charge in [-0.05, 0) is 49.8 Å². The Hall–Kier alpha value is -2.64. The number of aromatic nitrogens is 3. The van der Waals surface area contributed by atoms with Gasteiger partial charge in [0.15, 0.2) is 0 Å². The van der Waals surface area contributed by atoms with Gasteiger partial charge in [0.1, 0.15) is 5.52 Å². The van der Waals surface area contributed by atoms with Crippen LogP contribution in [0.4, 0.5) is 4.79 Å². The fourth-order valence-corrected chi connectivity index (χ4v) is 3.36. The molecule has 0 radical (unpaired) electrons. The maximum Gasteiger partial charge on any atom is 0.314 e. The minimum atomic E-state index is -0.167. The van der Waals surface area contributed by atoms with Crippen molar-refractivity contribution in [3.8, 4) is 0 Å². The van der Waals surface area contributed by atoms with Crippen LogP contribution in [-0.2, 0) is 6.54 Å². The maximum absolute atomic E-state index is 12.6. The van der Waals surface area contributed by atoms with E-state index in [4.69, 9.17) is 0 Å². The predicted molar refractivity (Wildman–Crippen MR) is 108 cm³/mol. The van der Waals surface area contributed by atoms with Gasteiger partial charge in [-0.3, -0.25) is 4.79 Å². The molecule has 1 aromatic heterocycles. The molecule has 8 nitrogen and oxygen atoms in total. The largest absolute Gasteiger partial charge is 0.339 e. The van der Waals surface area contributed by atoms with Crippen LogP contribution in [0.2, 0.25) is 0 Å². The van der Waals surface area contributed by atoms with Crippen LogP contribution in [0.5, 0.6) is 0 Å². The molecule has 0 aliphatic carbocycles. The Bertz CT molecular complexity index is 810. The number of amides is 3. The molecule has 8 heteroatoms. The van der Waals surface area contributed by atoms with E-state index in [9.17, 15) is 9.59 Å². The third-order valence-corrected chi connectivity index (χ3v) is 5.02. The summed E-state index contributed by atoms with van der Waals surface area (Å²) in [5, 5.41) is 14.0. The van der Waals surface area contributed by atoms with Crippen molar-refractivity contribution in [2.45, 2.75) is 46.1 Å². The Morgan fingerprint density at radius 1 is 1.11 bits per heavy atom. The minimum absolute atomic E-state index is 0.0656. The average Bonchev–Trinajstić information content (AvgIpc) is 3.10. The minimum Gasteiger partial charge on any atom is -0.339 e. The normalized spacial score (nSPS) is 14.5. The first-order chi connectivity index (χ1) is 13.5. The highest BCUT2D eigenvalue weighted by Gasteiger charge is 2.19. The van der Waals surface area contributed by atoms with E-state index >= 15 is 0 Å². The van der Waals surface area contributed by atoms with Crippen molar-refractivity contribution in [3.05, 3.63) is 23.8 Å². The number of hydrogen-bond acceptors (Lipinski definition) is 4. The number of fused-ring (bicyclic) bond motifs is 1. The molecule has 1 aromatic carbocycles. The average molecular weight is 387 g/mol. The van der Waals surface area contributed by atoms with Crippen molar-refractivity contribution < 1.29 is 9.59 Å². The Labute approximate surface area is 165 Å². The van der Waals surface area contributed by atoms with Crippen LogP contribution >= 0.6 is 0 Å². The van der Waals surface area contributed by atoms with E-state index in [0.29, 0.717) is 36.6 Å². The van der Waals surface area contributed by atoms with E-state index in [1.54, 1.807) is 4.68 Å². The molecular formula is C20H30N6O2. The summed E-state index contributed by atoms with van der Waals surface area (Å²) in [6, 6.07) is 5.36. The Morgan fingerprint density at radius 3 is 2.61 bits per heavy atom. The summed E-state index contributed by atoms with van der Waals surface area (Å²) in [4.78, 5) is 26.3. The van der Waals surface area contributed by atoms with E-state index in [1.165, 1.54) is 6.42 Å². The SMILES string of the molecule is CC(C)CCNC(=O)NCCn1nnc2cc(C(=O)N3CCCCC3)ccc21. The van der Waals surface area contributed by atoms with Gasteiger partial charge in [-0.25, -0.2) is 9.48 Å². The van der Waals surface area contributed by atoms with Crippen molar-refractivity contribution in [1.82, 2.24) is 30.5 Å². The third-order valence-electron chi connectivity index (χ3n) is 5.02. The van der Waals surface area contributed by atoms with Crippen molar-refractivity contribution in [3.63, 3.8) is 0 Å². The summed E-state index contributed by atoms with van der Waals surface area (Å²) in [6.45, 7) is 7.56. The lowest BCUT2D eigenvalue weighted by Crippen LogP contribution is -2.38. The number of carbonyl (C=O) groups is 2. The van der Waals surface area contributed by atoms with Gasteiger partial charge in [0.2, 0.25) is 0 Å². The van der Waals surface area contributed by atoms with Gasteiger partial charge in [-0.15, -0.1) is 5.10 Å². The lowest BCUT2D eigenvalue weighted by Gasteiger charge is -2.26. The van der Waals surface area contributed by atoms with Crippen molar-refractivity contribution in [2.24, 2.45) is 5.92 Å². The molecule has 0 unspecified atom stereocenters. The fourth-order valence-electron chi connectivity index (χ4n) is 3.36. The van der Waals surface area contributed by atoms with Gasteiger partial charge in [0, 0.05) is 31.7 Å². The standard InChI is InChI=1S/C20H30N6O2/c1-15(2)8-9-21-20(28)22-10-13-26-18-7-6-16(14-17(18)23-24-26)19(27)25-11-4-3-5-12-25/h6-7,14-15H,3-5,8-13H2,1-2H3,(H2,21,22,28). The number of benzene rings is 1. The zero-order chi connectivity index (χ0) is 19.9. The quantitative estimate of drug-likeness (QED) is 0.764. The summed E-state index contributed by atoms with van der Waals surface area (Å²) in [6.07, 6.45) is 4.30. The van der Waals surface area contributed by atoms with Crippen LogP contribution in [0, 0.1) is 5.92 Å².